The van der Waals surface area contributed by atoms with Gasteiger partial charge in [-0.15, -0.1) is 0 Å². The summed E-state index contributed by atoms with van der Waals surface area (Å²) in [4.78, 5) is 0. The molecule has 2 heteroatoms. The van der Waals surface area contributed by atoms with E-state index in [0.717, 1.165) is 19.3 Å². The molecule has 0 spiro atoms. The van der Waals surface area contributed by atoms with Gasteiger partial charge in [-0.2, -0.15) is 0 Å². The first-order chi connectivity index (χ1) is 7.97. The van der Waals surface area contributed by atoms with Gasteiger partial charge in [0, 0.05) is 5.92 Å². The number of aliphatic hydroxyl groups is 2. The summed E-state index contributed by atoms with van der Waals surface area (Å²) >= 11 is 0. The van der Waals surface area contributed by atoms with Gasteiger partial charge in [0.15, 0.2) is 0 Å². The second kappa shape index (κ2) is 4.89. The van der Waals surface area contributed by atoms with Crippen molar-refractivity contribution in [3.8, 4) is 0 Å². The van der Waals surface area contributed by atoms with Crippen LogP contribution in [0.15, 0.2) is 0 Å². The van der Waals surface area contributed by atoms with Gasteiger partial charge < -0.3 is 10.2 Å². The van der Waals surface area contributed by atoms with E-state index in [1.165, 1.54) is 19.3 Å². The molecule has 0 radical (unpaired) electrons. The van der Waals surface area contributed by atoms with E-state index in [9.17, 15) is 10.2 Å². The SMILES string of the molecule is CC[C@@H]1CCC2CCCC(C)(C)C(O)C2C1O. The van der Waals surface area contributed by atoms with Crippen molar-refractivity contribution in [1.82, 2.24) is 0 Å². The van der Waals surface area contributed by atoms with Crippen LogP contribution in [0.3, 0.4) is 0 Å². The molecule has 2 N–H and O–H groups in total. The van der Waals surface area contributed by atoms with Gasteiger partial charge in [0.05, 0.1) is 12.2 Å². The van der Waals surface area contributed by atoms with Gasteiger partial charge in [0.25, 0.3) is 0 Å². The maximum absolute atomic E-state index is 10.6. The lowest BCUT2D eigenvalue weighted by Gasteiger charge is -2.45. The molecular formula is C15H28O2. The number of aliphatic hydroxyl groups excluding tert-OH is 2. The Morgan fingerprint density at radius 1 is 1.12 bits per heavy atom. The molecule has 2 aliphatic rings. The Morgan fingerprint density at radius 2 is 1.82 bits per heavy atom. The molecule has 0 aromatic carbocycles. The highest BCUT2D eigenvalue weighted by molar-refractivity contribution is 4.97. The number of rotatable bonds is 1. The van der Waals surface area contributed by atoms with Crippen LogP contribution in [0.2, 0.25) is 0 Å². The minimum Gasteiger partial charge on any atom is -0.392 e. The Balaban J connectivity index is 2.22. The van der Waals surface area contributed by atoms with E-state index < -0.39 is 0 Å². The molecule has 0 saturated heterocycles. The third-order valence-electron chi connectivity index (χ3n) is 5.42. The Labute approximate surface area is 105 Å². The summed E-state index contributed by atoms with van der Waals surface area (Å²) in [5, 5.41) is 21.2. The summed E-state index contributed by atoms with van der Waals surface area (Å²) in [6, 6.07) is 0. The lowest BCUT2D eigenvalue weighted by Crippen LogP contribution is -2.48. The van der Waals surface area contributed by atoms with E-state index >= 15 is 0 Å². The maximum atomic E-state index is 10.6. The molecule has 0 heterocycles. The molecule has 4 unspecified atom stereocenters. The predicted molar refractivity (Wildman–Crippen MR) is 69.6 cm³/mol. The molecule has 2 fully saturated rings. The molecule has 2 aliphatic carbocycles. The van der Waals surface area contributed by atoms with Crippen molar-refractivity contribution in [2.24, 2.45) is 23.2 Å². The van der Waals surface area contributed by atoms with Crippen LogP contribution in [0, 0.1) is 23.2 Å². The number of fused-ring (bicyclic) bond motifs is 1. The van der Waals surface area contributed by atoms with Gasteiger partial charge >= 0.3 is 0 Å². The molecule has 100 valence electrons. The first-order valence-electron chi connectivity index (χ1n) is 7.33. The highest BCUT2D eigenvalue weighted by Gasteiger charge is 2.47. The zero-order valence-electron chi connectivity index (χ0n) is 11.5. The molecule has 0 aromatic heterocycles. The van der Waals surface area contributed by atoms with Crippen molar-refractivity contribution in [3.05, 3.63) is 0 Å². The van der Waals surface area contributed by atoms with Gasteiger partial charge in [-0.05, 0) is 42.9 Å². The zero-order valence-corrected chi connectivity index (χ0v) is 11.5. The highest BCUT2D eigenvalue weighted by Crippen LogP contribution is 2.48. The van der Waals surface area contributed by atoms with Crippen LogP contribution >= 0.6 is 0 Å². The summed E-state index contributed by atoms with van der Waals surface area (Å²) in [7, 11) is 0. The largest absolute Gasteiger partial charge is 0.392 e. The van der Waals surface area contributed by atoms with E-state index in [2.05, 4.69) is 20.8 Å². The molecule has 0 bridgehead atoms. The summed E-state index contributed by atoms with van der Waals surface area (Å²) in [5.74, 6) is 1.07. The third-order valence-corrected chi connectivity index (χ3v) is 5.42. The van der Waals surface area contributed by atoms with Gasteiger partial charge in [-0.3, -0.25) is 0 Å². The fourth-order valence-corrected chi connectivity index (χ4v) is 4.10. The van der Waals surface area contributed by atoms with E-state index in [1.54, 1.807) is 0 Å². The lowest BCUT2D eigenvalue weighted by molar-refractivity contribution is -0.104. The van der Waals surface area contributed by atoms with Crippen molar-refractivity contribution in [2.45, 2.75) is 71.5 Å². The molecule has 2 rings (SSSR count). The third kappa shape index (κ3) is 2.39. The molecule has 5 atom stereocenters. The molecule has 0 amide bonds. The van der Waals surface area contributed by atoms with Crippen molar-refractivity contribution in [2.75, 3.05) is 0 Å². The van der Waals surface area contributed by atoms with Crippen LogP contribution in [-0.4, -0.2) is 22.4 Å². The molecule has 2 nitrogen and oxygen atoms in total. The van der Waals surface area contributed by atoms with Gasteiger partial charge in [-0.1, -0.05) is 33.6 Å². The fourth-order valence-electron chi connectivity index (χ4n) is 4.10. The van der Waals surface area contributed by atoms with E-state index in [4.69, 9.17) is 0 Å². The summed E-state index contributed by atoms with van der Waals surface area (Å²) in [6.07, 6.45) is 6.25. The first-order valence-corrected chi connectivity index (χ1v) is 7.33. The Hall–Kier alpha value is -0.0800. The number of hydrogen-bond acceptors (Lipinski definition) is 2. The Morgan fingerprint density at radius 3 is 2.47 bits per heavy atom. The average Bonchev–Trinajstić information content (AvgIpc) is 2.38. The van der Waals surface area contributed by atoms with E-state index in [-0.39, 0.29) is 23.5 Å². The van der Waals surface area contributed by atoms with Crippen molar-refractivity contribution in [1.29, 1.82) is 0 Å². The Bertz CT molecular complexity index is 262. The molecule has 0 aliphatic heterocycles. The quantitative estimate of drug-likeness (QED) is 0.740. The van der Waals surface area contributed by atoms with Crippen molar-refractivity contribution in [3.63, 3.8) is 0 Å². The number of hydrogen-bond donors (Lipinski definition) is 2. The van der Waals surface area contributed by atoms with Gasteiger partial charge in [0.1, 0.15) is 0 Å². The molecule has 17 heavy (non-hydrogen) atoms. The minimum absolute atomic E-state index is 0.0317. The maximum Gasteiger partial charge on any atom is 0.0646 e. The van der Waals surface area contributed by atoms with Crippen molar-refractivity contribution >= 4 is 0 Å². The van der Waals surface area contributed by atoms with E-state index in [0.29, 0.717) is 11.8 Å². The molecule has 2 saturated carbocycles. The Kier molecular flexibility index (Phi) is 3.84. The second-order valence-electron chi connectivity index (χ2n) is 6.90. The van der Waals surface area contributed by atoms with Crippen LogP contribution in [0.1, 0.15) is 59.3 Å². The molecule has 0 aromatic rings. The second-order valence-corrected chi connectivity index (χ2v) is 6.90. The van der Waals surface area contributed by atoms with Crippen molar-refractivity contribution < 1.29 is 10.2 Å². The van der Waals surface area contributed by atoms with Gasteiger partial charge in [0.2, 0.25) is 0 Å². The lowest BCUT2D eigenvalue weighted by atomic mass is 9.65. The van der Waals surface area contributed by atoms with Crippen LogP contribution in [0.4, 0.5) is 0 Å². The van der Waals surface area contributed by atoms with Crippen LogP contribution in [0.25, 0.3) is 0 Å². The summed E-state index contributed by atoms with van der Waals surface area (Å²) in [5.41, 5.74) is -0.0317. The minimum atomic E-state index is -0.334. The monoisotopic (exact) mass is 240 g/mol. The topological polar surface area (TPSA) is 40.5 Å². The summed E-state index contributed by atoms with van der Waals surface area (Å²) in [6.45, 7) is 6.47. The fraction of sp³-hybridized carbons (Fsp3) is 1.00. The normalized spacial score (nSPS) is 46.1. The average molecular weight is 240 g/mol. The van der Waals surface area contributed by atoms with Crippen LogP contribution < -0.4 is 0 Å². The van der Waals surface area contributed by atoms with Gasteiger partial charge in [-0.25, -0.2) is 0 Å². The van der Waals surface area contributed by atoms with Crippen LogP contribution in [0.5, 0.6) is 0 Å². The highest BCUT2D eigenvalue weighted by atomic mass is 16.3. The molecular weight excluding hydrogens is 212 g/mol. The van der Waals surface area contributed by atoms with E-state index in [1.807, 2.05) is 0 Å². The first kappa shape index (κ1) is 13.4. The van der Waals surface area contributed by atoms with Crippen LogP contribution in [-0.2, 0) is 0 Å². The summed E-state index contributed by atoms with van der Waals surface area (Å²) < 4.78 is 0. The standard InChI is InChI=1S/C15H28O2/c1-4-10-7-8-11-6-5-9-15(2,3)14(17)12(11)13(10)16/h10-14,16-17H,4-9H2,1-3H3/t10-,11?,12?,13?,14?/m1/s1. The smallest absolute Gasteiger partial charge is 0.0646 e. The predicted octanol–water partition coefficient (Wildman–Crippen LogP) is 2.97. The zero-order chi connectivity index (χ0) is 12.6.